The number of esters is 2. The monoisotopic (exact) mass is 829 g/mol. The molecule has 1 atom stereocenters. The fourth-order valence-corrected chi connectivity index (χ4v) is 8.52. The van der Waals surface area contributed by atoms with Crippen LogP contribution in [-0.4, -0.2) is 54.4 Å². The van der Waals surface area contributed by atoms with Gasteiger partial charge in [-0.2, -0.15) is 5.26 Å². The van der Waals surface area contributed by atoms with Crippen LogP contribution in [-0.2, 0) is 35.6 Å². The summed E-state index contributed by atoms with van der Waals surface area (Å²) in [5.41, 5.74) is 0.951. The SMILES string of the molecule is CC(C)N(C(C)C)P(OCCC#N)OCCCCCCNC(=O)c1ccc2c(c1)C1(OC2)c2ccc(OC(=O)C(C)(C)C)cc2Oc2cc(OC(=O)C(C)(C)C)ccc21. The highest BCUT2D eigenvalue weighted by Crippen LogP contribution is 2.57. The van der Waals surface area contributed by atoms with E-state index >= 15 is 0 Å². The number of nitriles is 1. The number of carbonyl (C=O) groups excluding carboxylic acids is 3. The maximum Gasteiger partial charge on any atom is 0.316 e. The minimum atomic E-state index is -1.26. The maximum atomic E-state index is 13.6. The highest BCUT2D eigenvalue weighted by atomic mass is 31.2. The molecule has 3 aromatic rings. The Balaban J connectivity index is 1.30. The Kier molecular flexibility index (Phi) is 15.0. The average molecular weight is 830 g/mol. The molecule has 0 bridgehead atoms. The van der Waals surface area contributed by atoms with Crippen molar-refractivity contribution in [2.45, 2.75) is 126 Å². The van der Waals surface area contributed by atoms with Crippen molar-refractivity contribution in [1.82, 2.24) is 9.99 Å². The molecule has 0 radical (unpaired) electrons. The van der Waals surface area contributed by atoms with E-state index in [9.17, 15) is 14.4 Å². The van der Waals surface area contributed by atoms with E-state index in [1.807, 2.05) is 30.3 Å². The molecule has 59 heavy (non-hydrogen) atoms. The molecular formula is C46H60N3O9P. The van der Waals surface area contributed by atoms with Crippen LogP contribution in [0.5, 0.6) is 23.0 Å². The fourth-order valence-electron chi connectivity index (χ4n) is 6.89. The molecule has 318 valence electrons. The van der Waals surface area contributed by atoms with E-state index in [0.29, 0.717) is 65.9 Å². The summed E-state index contributed by atoms with van der Waals surface area (Å²) in [7, 11) is -1.26. The quantitative estimate of drug-likeness (QED) is 0.0600. The molecular weight excluding hydrogens is 769 g/mol. The lowest BCUT2D eigenvalue weighted by atomic mass is 9.77. The zero-order valence-corrected chi connectivity index (χ0v) is 37.1. The van der Waals surface area contributed by atoms with Crippen molar-refractivity contribution < 1.29 is 42.4 Å². The molecule has 0 saturated heterocycles. The van der Waals surface area contributed by atoms with E-state index in [4.69, 9.17) is 33.3 Å². The first-order chi connectivity index (χ1) is 27.9. The van der Waals surface area contributed by atoms with Gasteiger partial charge in [0.25, 0.3) is 14.4 Å². The number of hydrogen-bond donors (Lipinski definition) is 1. The third-order valence-corrected chi connectivity index (χ3v) is 12.1. The predicted molar refractivity (Wildman–Crippen MR) is 226 cm³/mol. The van der Waals surface area contributed by atoms with Crippen LogP contribution in [0.15, 0.2) is 54.6 Å². The lowest BCUT2D eigenvalue weighted by molar-refractivity contribution is -0.143. The Morgan fingerprint density at radius 3 is 1.88 bits per heavy atom. The van der Waals surface area contributed by atoms with Gasteiger partial charge in [-0.05, 0) is 130 Å². The third-order valence-electron chi connectivity index (χ3n) is 9.95. The van der Waals surface area contributed by atoms with Gasteiger partial charge in [-0.3, -0.25) is 14.4 Å². The molecule has 2 heterocycles. The van der Waals surface area contributed by atoms with Gasteiger partial charge in [0.15, 0.2) is 5.60 Å². The van der Waals surface area contributed by atoms with Crippen molar-refractivity contribution in [3.05, 3.63) is 82.4 Å². The molecule has 1 unspecified atom stereocenters. The van der Waals surface area contributed by atoms with Gasteiger partial charge in [0.05, 0.1) is 43.1 Å². The van der Waals surface area contributed by atoms with Crippen LogP contribution in [0.4, 0.5) is 0 Å². The third kappa shape index (κ3) is 10.9. The van der Waals surface area contributed by atoms with Gasteiger partial charge in [0.1, 0.15) is 23.0 Å². The molecule has 3 aromatic carbocycles. The van der Waals surface area contributed by atoms with Gasteiger partial charge in [-0.25, -0.2) is 4.67 Å². The van der Waals surface area contributed by atoms with Gasteiger partial charge in [0, 0.05) is 47.5 Å². The first-order valence-corrected chi connectivity index (χ1v) is 21.7. The highest BCUT2D eigenvalue weighted by molar-refractivity contribution is 7.44. The largest absolute Gasteiger partial charge is 0.456 e. The number of rotatable bonds is 17. The first-order valence-electron chi connectivity index (χ1n) is 20.5. The van der Waals surface area contributed by atoms with Gasteiger partial charge in [-0.1, -0.05) is 18.9 Å². The summed E-state index contributed by atoms with van der Waals surface area (Å²) in [6.45, 7) is 20.9. The van der Waals surface area contributed by atoms with Crippen molar-refractivity contribution >= 4 is 26.4 Å². The normalized spacial score (nSPS) is 14.6. The minimum Gasteiger partial charge on any atom is -0.456 e. The van der Waals surface area contributed by atoms with Crippen molar-refractivity contribution in [3.63, 3.8) is 0 Å². The van der Waals surface area contributed by atoms with Crippen LogP contribution in [0.3, 0.4) is 0 Å². The number of ether oxygens (including phenoxy) is 4. The Bertz CT molecular complexity index is 1940. The van der Waals surface area contributed by atoms with Crippen LogP contribution in [0, 0.1) is 22.2 Å². The fraction of sp³-hybridized carbons (Fsp3) is 0.522. The summed E-state index contributed by atoms with van der Waals surface area (Å²) in [6, 6.07) is 18.7. The summed E-state index contributed by atoms with van der Waals surface area (Å²) in [5, 5.41) is 12.1. The van der Waals surface area contributed by atoms with E-state index < -0.39 is 36.9 Å². The summed E-state index contributed by atoms with van der Waals surface area (Å²) in [6.07, 6.45) is 3.85. The molecule has 0 aliphatic carbocycles. The number of nitrogens with one attached hydrogen (secondary N) is 1. The molecule has 1 amide bonds. The maximum absolute atomic E-state index is 13.6. The molecule has 2 aliphatic heterocycles. The van der Waals surface area contributed by atoms with Crippen LogP contribution < -0.4 is 19.5 Å². The molecule has 5 rings (SSSR count). The van der Waals surface area contributed by atoms with E-state index in [1.165, 1.54) is 0 Å². The highest BCUT2D eigenvalue weighted by Gasteiger charge is 2.50. The van der Waals surface area contributed by atoms with E-state index in [1.54, 1.807) is 65.8 Å². The number of amides is 1. The number of benzene rings is 3. The smallest absolute Gasteiger partial charge is 0.316 e. The molecule has 13 heteroatoms. The van der Waals surface area contributed by atoms with Gasteiger partial charge >= 0.3 is 11.9 Å². The second kappa shape index (κ2) is 19.3. The van der Waals surface area contributed by atoms with Crippen LogP contribution >= 0.6 is 8.53 Å². The van der Waals surface area contributed by atoms with E-state index in [0.717, 1.165) is 36.8 Å². The summed E-state index contributed by atoms with van der Waals surface area (Å²) >= 11 is 0. The molecule has 0 fully saturated rings. The zero-order chi connectivity index (χ0) is 43.1. The van der Waals surface area contributed by atoms with E-state index in [2.05, 4.69) is 43.8 Å². The molecule has 1 spiro atoms. The Hall–Kier alpha value is -4.37. The minimum absolute atomic E-state index is 0.192. The van der Waals surface area contributed by atoms with Crippen LogP contribution in [0.1, 0.15) is 134 Å². The van der Waals surface area contributed by atoms with Crippen LogP contribution in [0.25, 0.3) is 0 Å². The van der Waals surface area contributed by atoms with Crippen molar-refractivity contribution in [2.75, 3.05) is 19.8 Å². The summed E-state index contributed by atoms with van der Waals surface area (Å²) in [5.74, 6) is 0.458. The van der Waals surface area contributed by atoms with E-state index in [-0.39, 0.29) is 24.6 Å². The summed E-state index contributed by atoms with van der Waals surface area (Å²) < 4.78 is 39.1. The lowest BCUT2D eigenvalue weighted by Crippen LogP contribution is -2.33. The number of fused-ring (bicyclic) bond motifs is 6. The zero-order valence-electron chi connectivity index (χ0n) is 36.2. The molecule has 2 aliphatic rings. The second-order valence-electron chi connectivity index (χ2n) is 17.6. The number of unbranched alkanes of at least 4 members (excludes halogenated alkanes) is 3. The number of carbonyl (C=O) groups is 3. The summed E-state index contributed by atoms with van der Waals surface area (Å²) in [4.78, 5) is 39.3. The Morgan fingerprint density at radius 1 is 0.780 bits per heavy atom. The van der Waals surface area contributed by atoms with Crippen molar-refractivity contribution in [3.8, 4) is 29.1 Å². The lowest BCUT2D eigenvalue weighted by Gasteiger charge is -2.37. The molecule has 1 N–H and O–H groups in total. The number of hydrogen-bond acceptors (Lipinski definition) is 11. The standard InChI is InChI=1S/C46H60N3O9P/c1-30(2)49(31(3)4)59(55-25-15-22-47)54-24-14-12-11-13-23-48-41(50)32-16-17-33-29-53-46(38(33)26-32)36-20-18-34(56-42(51)44(5,6)7)27-39(36)58-40-28-35(19-21-37(40)46)57-43(52)45(8,9)10/h16-21,26-28,30-31H,11-15,23-25,29H2,1-10H3,(H,48,50). The Morgan fingerprint density at radius 2 is 1.34 bits per heavy atom. The van der Waals surface area contributed by atoms with Gasteiger partial charge in [0.2, 0.25) is 0 Å². The number of nitrogens with zero attached hydrogens (tertiary/aromatic N) is 2. The van der Waals surface area contributed by atoms with Gasteiger partial charge < -0.3 is 33.3 Å². The predicted octanol–water partition coefficient (Wildman–Crippen LogP) is 10.1. The molecule has 0 saturated carbocycles. The van der Waals surface area contributed by atoms with Crippen molar-refractivity contribution in [2.24, 2.45) is 10.8 Å². The van der Waals surface area contributed by atoms with Crippen LogP contribution in [0.2, 0.25) is 0 Å². The second-order valence-corrected chi connectivity index (χ2v) is 19.0. The Labute approximate surface area is 350 Å². The van der Waals surface area contributed by atoms with Gasteiger partial charge in [-0.15, -0.1) is 0 Å². The topological polar surface area (TPSA) is 146 Å². The van der Waals surface area contributed by atoms with Crippen molar-refractivity contribution in [1.29, 1.82) is 5.26 Å². The molecule has 12 nitrogen and oxygen atoms in total. The first kappa shape index (κ1) is 45.7. The average Bonchev–Trinajstić information content (AvgIpc) is 3.53. The molecule has 0 aromatic heterocycles.